The number of thiophene rings is 1. The summed E-state index contributed by atoms with van der Waals surface area (Å²) in [7, 11) is 1.96. The van der Waals surface area contributed by atoms with Gasteiger partial charge in [-0.1, -0.05) is 18.9 Å². The molecule has 8 heteroatoms. The second-order valence-corrected chi connectivity index (χ2v) is 13.4. The third kappa shape index (κ3) is 4.45. The van der Waals surface area contributed by atoms with Gasteiger partial charge in [0, 0.05) is 59.3 Å². The lowest BCUT2D eigenvalue weighted by Gasteiger charge is -2.21. The molecule has 0 unspecified atom stereocenters. The Balaban J connectivity index is 1.25. The van der Waals surface area contributed by atoms with Gasteiger partial charge in [-0.3, -0.25) is 14.3 Å². The fraction of sp³-hybridized carbons (Fsp3) is 0.400. The Kier molecular flexibility index (Phi) is 6.71. The van der Waals surface area contributed by atoms with Gasteiger partial charge in [0.1, 0.15) is 0 Å². The Morgan fingerprint density at radius 1 is 1.00 bits per heavy atom. The molecule has 0 spiro atoms. The number of amides is 1. The van der Waals surface area contributed by atoms with E-state index in [0.29, 0.717) is 12.1 Å². The molecule has 8 rings (SSSR count). The Morgan fingerprint density at radius 3 is 2.65 bits per heavy atom. The van der Waals surface area contributed by atoms with E-state index in [9.17, 15) is 9.59 Å². The van der Waals surface area contributed by atoms with Gasteiger partial charge in [0.15, 0.2) is 0 Å². The number of rotatable bonds is 9. The van der Waals surface area contributed by atoms with Crippen molar-refractivity contribution >= 4 is 44.8 Å². The molecule has 220 valence electrons. The molecule has 2 aromatic carbocycles. The average molecular weight is 592 g/mol. The van der Waals surface area contributed by atoms with Crippen LogP contribution in [-0.4, -0.2) is 50.6 Å². The predicted molar refractivity (Wildman–Crippen MR) is 172 cm³/mol. The van der Waals surface area contributed by atoms with E-state index in [-0.39, 0.29) is 11.7 Å². The van der Waals surface area contributed by atoms with Crippen LogP contribution >= 0.6 is 11.3 Å². The van der Waals surface area contributed by atoms with Gasteiger partial charge in [0.25, 0.3) is 5.91 Å². The summed E-state index contributed by atoms with van der Waals surface area (Å²) >= 11 is 1.48. The molecule has 0 saturated carbocycles. The predicted octanol–water partition coefficient (Wildman–Crippen LogP) is 6.49. The second-order valence-electron chi connectivity index (χ2n) is 12.4. The maximum Gasteiger partial charge on any atom is 0.252 e. The van der Waals surface area contributed by atoms with Crippen molar-refractivity contribution in [1.29, 1.82) is 0 Å². The number of carbonyl (C=O) groups is 2. The minimum Gasteiger partial charge on any atom is -0.348 e. The number of likely N-dealkylation sites (tertiary alicyclic amines) is 1. The number of ketones is 1. The maximum atomic E-state index is 13.4. The van der Waals surface area contributed by atoms with Gasteiger partial charge in [-0.25, -0.2) is 0 Å². The summed E-state index contributed by atoms with van der Waals surface area (Å²) in [6, 6.07) is 10.0. The summed E-state index contributed by atoms with van der Waals surface area (Å²) in [5.74, 6) is 0.0502. The summed E-state index contributed by atoms with van der Waals surface area (Å²) in [6.07, 6.45) is 11.3. The summed E-state index contributed by atoms with van der Waals surface area (Å²) in [5, 5.41) is 12.1. The first-order valence-electron chi connectivity index (χ1n) is 15.8. The Labute approximate surface area is 255 Å². The molecule has 2 aliphatic heterocycles. The van der Waals surface area contributed by atoms with Gasteiger partial charge < -0.3 is 14.8 Å². The summed E-state index contributed by atoms with van der Waals surface area (Å²) in [4.78, 5) is 30.2. The number of aromatic nitrogens is 3. The number of nitrogens with one attached hydrogen (secondary N) is 1. The number of hydrogen-bond acceptors (Lipinski definition) is 5. The smallest absolute Gasteiger partial charge is 0.252 e. The zero-order valence-corrected chi connectivity index (χ0v) is 25.6. The lowest BCUT2D eigenvalue weighted by molar-refractivity contribution is 0.0965. The first kappa shape index (κ1) is 26.8. The van der Waals surface area contributed by atoms with Gasteiger partial charge >= 0.3 is 0 Å². The topological polar surface area (TPSA) is 72.2 Å². The molecule has 43 heavy (non-hydrogen) atoms. The Bertz CT molecular complexity index is 1890. The molecule has 1 amide bonds. The van der Waals surface area contributed by atoms with E-state index in [2.05, 4.69) is 33.1 Å². The SMILES string of the molecule is Cn1cc2c(n1)CCc1c-2c2c(c3c4cc(C(=O)c5cccs5)ccc4n(CCCCCCN4CCCC4)c13)CNC2=O. The fourth-order valence-corrected chi connectivity index (χ4v) is 8.49. The van der Waals surface area contributed by atoms with Gasteiger partial charge in [-0.15, -0.1) is 11.3 Å². The lowest BCUT2D eigenvalue weighted by Crippen LogP contribution is -2.20. The van der Waals surface area contributed by atoms with E-state index >= 15 is 0 Å². The van der Waals surface area contributed by atoms with Crippen LogP contribution in [0.2, 0.25) is 0 Å². The Morgan fingerprint density at radius 2 is 1.84 bits per heavy atom. The highest BCUT2D eigenvalue weighted by Gasteiger charge is 2.35. The number of hydrogen-bond donors (Lipinski definition) is 1. The van der Waals surface area contributed by atoms with Crippen LogP contribution < -0.4 is 5.32 Å². The normalized spacial score (nSPS) is 16.2. The maximum absolute atomic E-state index is 13.4. The van der Waals surface area contributed by atoms with Crippen molar-refractivity contribution in [3.05, 3.63) is 74.7 Å². The van der Waals surface area contributed by atoms with Crippen LogP contribution in [0.15, 0.2) is 41.9 Å². The van der Waals surface area contributed by atoms with Crippen LogP contribution in [0.5, 0.6) is 0 Å². The van der Waals surface area contributed by atoms with Crippen LogP contribution in [0.4, 0.5) is 0 Å². The minimum absolute atomic E-state index is 0.00503. The molecule has 0 bridgehead atoms. The molecule has 3 aromatic heterocycles. The monoisotopic (exact) mass is 591 g/mol. The van der Waals surface area contributed by atoms with Crippen molar-refractivity contribution in [2.75, 3.05) is 19.6 Å². The lowest BCUT2D eigenvalue weighted by atomic mass is 9.82. The largest absolute Gasteiger partial charge is 0.348 e. The van der Waals surface area contributed by atoms with Crippen LogP contribution in [0, 0.1) is 0 Å². The van der Waals surface area contributed by atoms with Crippen LogP contribution in [0.25, 0.3) is 32.9 Å². The van der Waals surface area contributed by atoms with Crippen LogP contribution in [-0.2, 0) is 33.0 Å². The molecule has 1 N–H and O–H groups in total. The molecular formula is C35H37N5O2S. The number of fused-ring (bicyclic) bond motifs is 10. The summed E-state index contributed by atoms with van der Waals surface area (Å²) in [5.41, 5.74) is 9.44. The van der Waals surface area contributed by atoms with Gasteiger partial charge in [-0.05, 0) is 98.9 Å². The Hall–Kier alpha value is -3.75. The van der Waals surface area contributed by atoms with Crippen molar-refractivity contribution in [3.8, 4) is 11.1 Å². The highest BCUT2D eigenvalue weighted by atomic mass is 32.1. The molecule has 5 heterocycles. The summed E-state index contributed by atoms with van der Waals surface area (Å²) in [6.45, 7) is 5.19. The molecule has 1 fully saturated rings. The van der Waals surface area contributed by atoms with Crippen molar-refractivity contribution < 1.29 is 9.59 Å². The molecule has 1 saturated heterocycles. The van der Waals surface area contributed by atoms with Gasteiger partial charge in [0.05, 0.1) is 21.7 Å². The van der Waals surface area contributed by atoms with E-state index < -0.39 is 0 Å². The second kappa shape index (κ2) is 10.8. The van der Waals surface area contributed by atoms with Gasteiger partial charge in [0.2, 0.25) is 5.78 Å². The molecular weight excluding hydrogens is 554 g/mol. The number of benzene rings is 2. The number of aryl methyl sites for hydroxylation is 4. The van der Waals surface area contributed by atoms with E-state index in [1.54, 1.807) is 0 Å². The average Bonchev–Trinajstić information content (AvgIpc) is 3.84. The molecule has 3 aliphatic rings. The fourth-order valence-electron chi connectivity index (χ4n) is 7.80. The van der Waals surface area contributed by atoms with Crippen molar-refractivity contribution in [2.24, 2.45) is 7.05 Å². The highest BCUT2D eigenvalue weighted by Crippen LogP contribution is 2.47. The first-order chi connectivity index (χ1) is 21.1. The molecule has 5 aromatic rings. The number of nitrogens with zero attached hydrogens (tertiary/aromatic N) is 4. The zero-order chi connectivity index (χ0) is 29.1. The minimum atomic E-state index is -0.00503. The van der Waals surface area contributed by atoms with E-state index in [0.717, 1.165) is 74.9 Å². The van der Waals surface area contributed by atoms with E-state index in [1.165, 1.54) is 74.2 Å². The molecule has 7 nitrogen and oxygen atoms in total. The first-order valence-corrected chi connectivity index (χ1v) is 16.7. The molecule has 0 radical (unpaired) electrons. The number of carbonyl (C=O) groups excluding carboxylic acids is 2. The third-order valence-corrected chi connectivity index (χ3v) is 10.6. The third-order valence-electron chi connectivity index (χ3n) is 9.76. The highest BCUT2D eigenvalue weighted by molar-refractivity contribution is 7.12. The van der Waals surface area contributed by atoms with Crippen LogP contribution in [0.1, 0.15) is 80.9 Å². The van der Waals surface area contributed by atoms with Gasteiger partial charge in [-0.2, -0.15) is 5.10 Å². The van der Waals surface area contributed by atoms with E-state index in [4.69, 9.17) is 5.10 Å². The van der Waals surface area contributed by atoms with Crippen molar-refractivity contribution in [3.63, 3.8) is 0 Å². The van der Waals surface area contributed by atoms with Crippen molar-refractivity contribution in [1.82, 2.24) is 24.6 Å². The summed E-state index contributed by atoms with van der Waals surface area (Å²) < 4.78 is 4.39. The van der Waals surface area contributed by atoms with Crippen molar-refractivity contribution in [2.45, 2.75) is 64.5 Å². The quantitative estimate of drug-likeness (QED) is 0.157. The molecule has 1 aliphatic carbocycles. The van der Waals surface area contributed by atoms with Crippen LogP contribution in [0.3, 0.4) is 0 Å². The standard InChI is InChI=1S/C35H37N5O2S/c1-38-21-26-27(37-38)12-11-23-30(26)32-25(20-36-35(32)42)31-24-19-22(34(41)29-9-8-18-43-29)10-13-28(24)40(33(23)31)17-5-3-2-4-14-39-15-6-7-16-39/h8-10,13,18-19,21H,2-7,11-12,14-17,20H2,1H3,(H,36,42). The number of unbranched alkanes of at least 4 members (excludes halogenated alkanes) is 3. The zero-order valence-electron chi connectivity index (χ0n) is 24.7. The molecule has 0 atom stereocenters. The van der Waals surface area contributed by atoms with E-state index in [1.807, 2.05) is 35.3 Å².